The highest BCUT2D eigenvalue weighted by molar-refractivity contribution is 14.1. The second kappa shape index (κ2) is 5.86. The van der Waals surface area contributed by atoms with Gasteiger partial charge in [-0.25, -0.2) is 13.6 Å². The minimum Gasteiger partial charge on any atom is -0.378 e. The quantitative estimate of drug-likeness (QED) is 0.539. The molecule has 2 aromatic rings. The Bertz CT molecular complexity index is 923. The molecule has 0 amide bonds. The predicted octanol–water partition coefficient (Wildman–Crippen LogP) is 3.77. The molecule has 4 nitrogen and oxygen atoms in total. The van der Waals surface area contributed by atoms with Crippen LogP contribution in [0.2, 0.25) is 0 Å². The minimum absolute atomic E-state index is 0.176. The van der Waals surface area contributed by atoms with Crippen LogP contribution >= 0.6 is 22.6 Å². The van der Waals surface area contributed by atoms with Gasteiger partial charge in [0.25, 0.3) is 0 Å². The van der Waals surface area contributed by atoms with Gasteiger partial charge in [0, 0.05) is 15.2 Å². The SMILES string of the molecule is NS(=O)(=O)c1ccc2c(c1)[C@@H]1C=CC[C@@H]1[C@H](c1ccc(I)cc1)N2. The topological polar surface area (TPSA) is 72.2 Å². The van der Waals surface area contributed by atoms with E-state index in [-0.39, 0.29) is 16.9 Å². The highest BCUT2D eigenvalue weighted by atomic mass is 127. The summed E-state index contributed by atoms with van der Waals surface area (Å²) < 4.78 is 24.5. The predicted molar refractivity (Wildman–Crippen MR) is 103 cm³/mol. The lowest BCUT2D eigenvalue weighted by atomic mass is 9.77. The molecule has 1 heterocycles. The molecule has 1 aliphatic heterocycles. The molecule has 3 atom stereocenters. The Morgan fingerprint density at radius 3 is 2.58 bits per heavy atom. The van der Waals surface area contributed by atoms with Gasteiger partial charge >= 0.3 is 0 Å². The van der Waals surface area contributed by atoms with Crippen LogP contribution in [-0.4, -0.2) is 8.42 Å². The fourth-order valence-corrected chi connectivity index (χ4v) is 4.66. The first-order valence-electron chi connectivity index (χ1n) is 7.79. The molecule has 4 rings (SSSR count). The van der Waals surface area contributed by atoms with Crippen molar-refractivity contribution in [2.75, 3.05) is 5.32 Å². The molecule has 1 aliphatic carbocycles. The number of nitrogens with one attached hydrogen (secondary N) is 1. The fraction of sp³-hybridized carbons (Fsp3) is 0.222. The molecule has 6 heteroatoms. The van der Waals surface area contributed by atoms with Crippen LogP contribution in [0.3, 0.4) is 0 Å². The Labute approximate surface area is 155 Å². The van der Waals surface area contributed by atoms with Gasteiger partial charge in [-0.3, -0.25) is 0 Å². The van der Waals surface area contributed by atoms with Crippen LogP contribution in [0, 0.1) is 9.49 Å². The van der Waals surface area contributed by atoms with Crippen molar-refractivity contribution in [1.82, 2.24) is 0 Å². The van der Waals surface area contributed by atoms with Gasteiger partial charge in [-0.15, -0.1) is 0 Å². The van der Waals surface area contributed by atoms with Crippen LogP contribution in [0.5, 0.6) is 0 Å². The number of nitrogens with two attached hydrogens (primary N) is 1. The van der Waals surface area contributed by atoms with Crippen molar-refractivity contribution in [3.8, 4) is 0 Å². The molecule has 0 fully saturated rings. The van der Waals surface area contributed by atoms with Crippen molar-refractivity contribution >= 4 is 38.3 Å². The van der Waals surface area contributed by atoms with E-state index in [4.69, 9.17) is 5.14 Å². The zero-order chi connectivity index (χ0) is 16.9. The summed E-state index contributed by atoms with van der Waals surface area (Å²) in [5, 5.41) is 8.90. The number of fused-ring (bicyclic) bond motifs is 3. The summed E-state index contributed by atoms with van der Waals surface area (Å²) in [4.78, 5) is 0.176. The van der Waals surface area contributed by atoms with Crippen LogP contribution in [-0.2, 0) is 10.0 Å². The fourth-order valence-electron chi connectivity index (χ4n) is 3.75. The molecule has 2 aromatic carbocycles. The van der Waals surface area contributed by atoms with Gasteiger partial charge in [0.05, 0.1) is 10.9 Å². The van der Waals surface area contributed by atoms with Gasteiger partial charge in [0.2, 0.25) is 10.0 Å². The lowest BCUT2D eigenvalue weighted by molar-refractivity contribution is 0.425. The summed E-state index contributed by atoms with van der Waals surface area (Å²) in [6, 6.07) is 13.9. The van der Waals surface area contributed by atoms with Crippen LogP contribution < -0.4 is 10.5 Å². The van der Waals surface area contributed by atoms with Gasteiger partial charge in [-0.1, -0.05) is 24.3 Å². The Balaban J connectivity index is 1.79. The van der Waals surface area contributed by atoms with Crippen LogP contribution in [0.4, 0.5) is 5.69 Å². The van der Waals surface area contributed by atoms with Gasteiger partial charge in [-0.2, -0.15) is 0 Å². The van der Waals surface area contributed by atoms with E-state index >= 15 is 0 Å². The number of hydrogen-bond donors (Lipinski definition) is 2. The van der Waals surface area contributed by atoms with E-state index in [1.165, 1.54) is 9.13 Å². The molecule has 2 aliphatic rings. The zero-order valence-corrected chi connectivity index (χ0v) is 15.8. The standard InChI is InChI=1S/C18H17IN2O2S/c19-12-6-4-11(5-7-12)18-15-3-1-2-14(15)16-10-13(24(20,22)23)8-9-17(16)21-18/h1-2,4-10,14-15,18,21H,3H2,(H2,20,22,23)/t14-,15+,18+/m1/s1. The largest absolute Gasteiger partial charge is 0.378 e. The maximum atomic E-state index is 11.7. The number of sulfonamides is 1. The smallest absolute Gasteiger partial charge is 0.238 e. The second-order valence-corrected chi connectivity index (χ2v) is 9.13. The van der Waals surface area contributed by atoms with E-state index in [2.05, 4.69) is 64.3 Å². The molecule has 0 saturated heterocycles. The number of primary sulfonamides is 1. The second-order valence-electron chi connectivity index (χ2n) is 6.32. The molecule has 3 N–H and O–H groups in total. The van der Waals surface area contributed by atoms with Crippen molar-refractivity contribution in [2.24, 2.45) is 11.1 Å². The summed E-state index contributed by atoms with van der Waals surface area (Å²) in [7, 11) is -3.69. The highest BCUT2D eigenvalue weighted by Crippen LogP contribution is 2.50. The number of rotatable bonds is 2. The summed E-state index contributed by atoms with van der Waals surface area (Å²) >= 11 is 2.31. The van der Waals surface area contributed by atoms with Gasteiger partial charge in [-0.05, 0) is 76.4 Å². The van der Waals surface area contributed by atoms with E-state index in [0.717, 1.165) is 17.7 Å². The first-order valence-corrected chi connectivity index (χ1v) is 10.4. The average Bonchev–Trinajstić information content (AvgIpc) is 3.03. The molecule has 124 valence electrons. The summed E-state index contributed by atoms with van der Waals surface area (Å²) in [5.41, 5.74) is 3.26. The first-order chi connectivity index (χ1) is 11.4. The zero-order valence-electron chi connectivity index (χ0n) is 12.8. The van der Waals surface area contributed by atoms with Crippen molar-refractivity contribution < 1.29 is 8.42 Å². The molecule has 24 heavy (non-hydrogen) atoms. The maximum Gasteiger partial charge on any atom is 0.238 e. The molecule has 0 aromatic heterocycles. The molecule has 0 radical (unpaired) electrons. The van der Waals surface area contributed by atoms with Gasteiger partial charge in [0.1, 0.15) is 0 Å². The van der Waals surface area contributed by atoms with E-state index in [9.17, 15) is 8.42 Å². The van der Waals surface area contributed by atoms with E-state index in [1.54, 1.807) is 12.1 Å². The number of benzene rings is 2. The van der Waals surface area contributed by atoms with Crippen LogP contribution in [0.25, 0.3) is 0 Å². The first kappa shape index (κ1) is 16.1. The van der Waals surface area contributed by atoms with E-state index < -0.39 is 10.0 Å². The number of halogens is 1. The third-order valence-corrected chi connectivity index (χ3v) is 6.52. The number of anilines is 1. The summed E-state index contributed by atoms with van der Waals surface area (Å²) in [5.74, 6) is 0.598. The lowest BCUT2D eigenvalue weighted by Gasteiger charge is -2.37. The van der Waals surface area contributed by atoms with Crippen molar-refractivity contribution in [3.05, 3.63) is 69.3 Å². The van der Waals surface area contributed by atoms with Crippen LogP contribution in [0.15, 0.2) is 59.5 Å². The number of allylic oxidation sites excluding steroid dienone is 2. The van der Waals surface area contributed by atoms with Gasteiger partial charge in [0.15, 0.2) is 0 Å². The molecular weight excluding hydrogens is 435 g/mol. The van der Waals surface area contributed by atoms with E-state index in [0.29, 0.717) is 5.92 Å². The average molecular weight is 452 g/mol. The third kappa shape index (κ3) is 2.76. The van der Waals surface area contributed by atoms with E-state index in [1.807, 2.05) is 6.07 Å². The lowest BCUT2D eigenvalue weighted by Crippen LogP contribution is -2.29. The highest BCUT2D eigenvalue weighted by Gasteiger charge is 2.38. The van der Waals surface area contributed by atoms with Crippen LogP contribution in [0.1, 0.15) is 29.5 Å². The molecule has 0 saturated carbocycles. The monoisotopic (exact) mass is 452 g/mol. The third-order valence-electron chi connectivity index (χ3n) is 4.89. The normalized spacial score (nSPS) is 25.0. The van der Waals surface area contributed by atoms with Crippen molar-refractivity contribution in [2.45, 2.75) is 23.3 Å². The van der Waals surface area contributed by atoms with Crippen molar-refractivity contribution in [1.29, 1.82) is 0 Å². The molecule has 0 spiro atoms. The molecular formula is C18H17IN2O2S. The minimum atomic E-state index is -3.69. The Kier molecular flexibility index (Phi) is 3.93. The molecule has 0 bridgehead atoms. The maximum absolute atomic E-state index is 11.7. The Morgan fingerprint density at radius 1 is 1.12 bits per heavy atom. The number of hydrogen-bond acceptors (Lipinski definition) is 3. The van der Waals surface area contributed by atoms with Gasteiger partial charge < -0.3 is 5.32 Å². The summed E-state index contributed by atoms with van der Waals surface area (Å²) in [6.07, 6.45) is 5.36. The summed E-state index contributed by atoms with van der Waals surface area (Å²) in [6.45, 7) is 0. The molecule has 0 unspecified atom stereocenters. The van der Waals surface area contributed by atoms with Crippen molar-refractivity contribution in [3.63, 3.8) is 0 Å². The Hall–Kier alpha value is -1.38. The Morgan fingerprint density at radius 2 is 1.88 bits per heavy atom.